The highest BCUT2D eigenvalue weighted by Gasteiger charge is 2.38. The first-order valence-electron chi connectivity index (χ1n) is 7.63. The van der Waals surface area contributed by atoms with E-state index in [4.69, 9.17) is 4.42 Å². The number of thioether (sulfide) groups is 1. The molecule has 4 rings (SSSR count). The van der Waals surface area contributed by atoms with Crippen molar-refractivity contribution in [2.75, 3.05) is 6.26 Å². The molecule has 0 amide bonds. The van der Waals surface area contributed by atoms with Gasteiger partial charge >= 0.3 is 6.18 Å². The molecular weight excluding hydrogens is 363 g/mol. The number of furan rings is 1. The molecule has 0 radical (unpaired) electrons. The summed E-state index contributed by atoms with van der Waals surface area (Å²) in [6.07, 6.45) is -2.72. The van der Waals surface area contributed by atoms with E-state index in [-0.39, 0.29) is 11.6 Å². The predicted molar refractivity (Wildman–Crippen MR) is 93.3 cm³/mol. The first-order chi connectivity index (χ1) is 12.5. The van der Waals surface area contributed by atoms with Gasteiger partial charge in [0, 0.05) is 10.3 Å². The average Bonchev–Trinajstić information content (AvgIpc) is 3.25. The number of rotatable bonds is 3. The van der Waals surface area contributed by atoms with Gasteiger partial charge in [-0.2, -0.15) is 18.2 Å². The third-order valence-corrected chi connectivity index (χ3v) is 4.57. The minimum atomic E-state index is -4.65. The van der Waals surface area contributed by atoms with Gasteiger partial charge < -0.3 is 4.42 Å². The molecule has 8 heteroatoms. The molecule has 0 fully saturated rings. The summed E-state index contributed by atoms with van der Waals surface area (Å²) in [5.74, 6) is -0.976. The molecule has 4 aromatic rings. The maximum atomic E-state index is 13.2. The van der Waals surface area contributed by atoms with Crippen LogP contribution in [-0.2, 0) is 6.18 Å². The first kappa shape index (κ1) is 16.7. The van der Waals surface area contributed by atoms with Gasteiger partial charge in [0.05, 0.1) is 5.69 Å². The van der Waals surface area contributed by atoms with Gasteiger partial charge in [0.2, 0.25) is 0 Å². The summed E-state index contributed by atoms with van der Waals surface area (Å²) >= 11 is 1.54. The summed E-state index contributed by atoms with van der Waals surface area (Å²) in [4.78, 5) is 4.69. The van der Waals surface area contributed by atoms with Crippen LogP contribution in [0.5, 0.6) is 0 Å². The predicted octanol–water partition coefficient (Wildman–Crippen LogP) is 5.42. The van der Waals surface area contributed by atoms with Crippen LogP contribution in [0.3, 0.4) is 0 Å². The van der Waals surface area contributed by atoms with Crippen LogP contribution in [0.15, 0.2) is 63.9 Å². The molecule has 0 saturated heterocycles. The van der Waals surface area contributed by atoms with Crippen molar-refractivity contribution in [1.82, 2.24) is 14.8 Å². The molecular formula is C18H12F3N3OS. The van der Waals surface area contributed by atoms with Crippen LogP contribution in [0.4, 0.5) is 13.2 Å². The topological polar surface area (TPSA) is 43.9 Å². The Bertz CT molecular complexity index is 1030. The highest BCUT2D eigenvalue weighted by Crippen LogP contribution is 2.33. The van der Waals surface area contributed by atoms with E-state index in [0.717, 1.165) is 15.0 Å². The molecule has 4 nitrogen and oxygen atoms in total. The van der Waals surface area contributed by atoms with Crippen LogP contribution in [-0.4, -0.2) is 21.0 Å². The molecule has 0 atom stereocenters. The Morgan fingerprint density at radius 2 is 1.77 bits per heavy atom. The Morgan fingerprint density at radius 3 is 2.42 bits per heavy atom. The number of hydrogen-bond acceptors (Lipinski definition) is 4. The highest BCUT2D eigenvalue weighted by molar-refractivity contribution is 7.98. The monoisotopic (exact) mass is 375 g/mol. The smallest absolute Gasteiger partial charge is 0.453 e. The van der Waals surface area contributed by atoms with Crippen LogP contribution in [0.2, 0.25) is 0 Å². The van der Waals surface area contributed by atoms with E-state index >= 15 is 0 Å². The molecule has 0 aliphatic carbocycles. The Kier molecular flexibility index (Phi) is 3.99. The SMILES string of the molecule is CSc1ccc(-n2nc(C(F)(F)F)nc2-c2cc3ccccc3o2)cc1. The molecule has 2 heterocycles. The van der Waals surface area contributed by atoms with E-state index < -0.39 is 12.0 Å². The molecule has 0 aliphatic heterocycles. The van der Waals surface area contributed by atoms with Crippen LogP contribution < -0.4 is 0 Å². The number of para-hydroxylation sites is 1. The van der Waals surface area contributed by atoms with E-state index in [2.05, 4.69) is 10.1 Å². The van der Waals surface area contributed by atoms with Crippen LogP contribution >= 0.6 is 11.8 Å². The number of aromatic nitrogens is 3. The summed E-state index contributed by atoms with van der Waals surface area (Å²) in [5, 5.41) is 4.45. The summed E-state index contributed by atoms with van der Waals surface area (Å²) in [6.45, 7) is 0. The van der Waals surface area contributed by atoms with Crippen LogP contribution in [0, 0.1) is 0 Å². The van der Waals surface area contributed by atoms with E-state index in [1.165, 1.54) is 0 Å². The second-order valence-corrected chi connectivity index (χ2v) is 6.39. The van der Waals surface area contributed by atoms with Crippen molar-refractivity contribution in [2.24, 2.45) is 0 Å². The van der Waals surface area contributed by atoms with Gasteiger partial charge in [-0.3, -0.25) is 0 Å². The molecule has 0 aliphatic rings. The van der Waals surface area contributed by atoms with Gasteiger partial charge in [0.1, 0.15) is 5.58 Å². The van der Waals surface area contributed by atoms with Crippen molar-refractivity contribution < 1.29 is 17.6 Å². The maximum absolute atomic E-state index is 13.2. The van der Waals surface area contributed by atoms with Gasteiger partial charge in [-0.1, -0.05) is 18.2 Å². The van der Waals surface area contributed by atoms with E-state index in [0.29, 0.717) is 11.3 Å². The number of nitrogens with zero attached hydrogens (tertiary/aromatic N) is 3. The second-order valence-electron chi connectivity index (χ2n) is 5.52. The minimum absolute atomic E-state index is 0.00502. The zero-order chi connectivity index (χ0) is 18.3. The normalized spacial score (nSPS) is 12.0. The zero-order valence-corrected chi connectivity index (χ0v) is 14.3. The van der Waals surface area contributed by atoms with Gasteiger partial charge in [0.25, 0.3) is 5.82 Å². The average molecular weight is 375 g/mol. The lowest BCUT2D eigenvalue weighted by molar-refractivity contribution is -0.144. The van der Waals surface area contributed by atoms with Crippen molar-refractivity contribution in [3.63, 3.8) is 0 Å². The number of halogens is 3. The fourth-order valence-corrected chi connectivity index (χ4v) is 3.00. The van der Waals surface area contributed by atoms with Crippen molar-refractivity contribution in [3.05, 3.63) is 60.4 Å². The van der Waals surface area contributed by atoms with E-state index in [9.17, 15) is 13.2 Å². The standard InChI is InChI=1S/C18H12F3N3OS/c1-26-13-8-6-12(7-9-13)24-16(22-17(23-24)18(19,20)21)15-10-11-4-2-3-5-14(11)25-15/h2-10H,1H3. The summed E-state index contributed by atoms with van der Waals surface area (Å²) in [5.41, 5.74) is 1.05. The highest BCUT2D eigenvalue weighted by atomic mass is 32.2. The summed E-state index contributed by atoms with van der Waals surface area (Å²) in [6, 6.07) is 15.9. The summed E-state index contributed by atoms with van der Waals surface area (Å²) < 4.78 is 46.3. The number of alkyl halides is 3. The van der Waals surface area contributed by atoms with Crippen LogP contribution in [0.25, 0.3) is 28.2 Å². The third-order valence-electron chi connectivity index (χ3n) is 3.82. The number of hydrogen-bond donors (Lipinski definition) is 0. The lowest BCUT2D eigenvalue weighted by Gasteiger charge is -2.05. The number of benzene rings is 2. The number of fused-ring (bicyclic) bond motifs is 1. The molecule has 0 N–H and O–H groups in total. The van der Waals surface area contributed by atoms with Crippen LogP contribution in [0.1, 0.15) is 5.82 Å². The van der Waals surface area contributed by atoms with E-state index in [1.54, 1.807) is 42.1 Å². The minimum Gasteiger partial charge on any atom is -0.453 e. The van der Waals surface area contributed by atoms with Gasteiger partial charge in [-0.05, 0) is 42.7 Å². The quantitative estimate of drug-likeness (QED) is 0.449. The van der Waals surface area contributed by atoms with Gasteiger partial charge in [-0.15, -0.1) is 16.9 Å². The second kappa shape index (κ2) is 6.21. The molecule has 0 spiro atoms. The fraction of sp³-hybridized carbons (Fsp3) is 0.111. The Labute approximate surface area is 150 Å². The fourth-order valence-electron chi connectivity index (χ4n) is 2.59. The Balaban J connectivity index is 1.90. The Hall–Kier alpha value is -2.74. The molecule has 0 bridgehead atoms. The lowest BCUT2D eigenvalue weighted by atomic mass is 10.2. The lowest BCUT2D eigenvalue weighted by Crippen LogP contribution is -2.08. The van der Waals surface area contributed by atoms with E-state index in [1.807, 2.05) is 30.5 Å². The van der Waals surface area contributed by atoms with Crippen molar-refractivity contribution in [2.45, 2.75) is 11.1 Å². The maximum Gasteiger partial charge on any atom is 0.453 e. The van der Waals surface area contributed by atoms with Crippen molar-refractivity contribution in [3.8, 4) is 17.3 Å². The Morgan fingerprint density at radius 1 is 1.04 bits per heavy atom. The van der Waals surface area contributed by atoms with Crippen molar-refractivity contribution >= 4 is 22.7 Å². The third kappa shape index (κ3) is 2.96. The molecule has 2 aromatic carbocycles. The zero-order valence-electron chi connectivity index (χ0n) is 13.5. The van der Waals surface area contributed by atoms with Gasteiger partial charge in [0.15, 0.2) is 11.6 Å². The summed E-state index contributed by atoms with van der Waals surface area (Å²) in [7, 11) is 0. The molecule has 2 aromatic heterocycles. The van der Waals surface area contributed by atoms with Gasteiger partial charge in [-0.25, -0.2) is 4.68 Å². The largest absolute Gasteiger partial charge is 0.453 e. The first-order valence-corrected chi connectivity index (χ1v) is 8.86. The molecule has 26 heavy (non-hydrogen) atoms. The van der Waals surface area contributed by atoms with Crippen molar-refractivity contribution in [1.29, 1.82) is 0 Å². The molecule has 0 unspecified atom stereocenters. The molecule has 132 valence electrons. The molecule has 0 saturated carbocycles.